The zero-order chi connectivity index (χ0) is 20.3. The zero-order valence-corrected chi connectivity index (χ0v) is 15.8. The molecule has 0 fully saturated rings. The van der Waals surface area contributed by atoms with E-state index in [1.165, 1.54) is 26.2 Å². The van der Waals surface area contributed by atoms with Crippen molar-refractivity contribution in [2.24, 2.45) is 0 Å². The van der Waals surface area contributed by atoms with Gasteiger partial charge in [0.1, 0.15) is 16.9 Å². The fourth-order valence-corrected chi connectivity index (χ4v) is 2.67. The number of amides is 1. The third-order valence-electron chi connectivity index (χ3n) is 3.93. The molecular formula is C20H16ClNO6. The van der Waals surface area contributed by atoms with Gasteiger partial charge in [0.25, 0.3) is 5.91 Å². The van der Waals surface area contributed by atoms with Gasteiger partial charge in [0.15, 0.2) is 6.10 Å². The Labute approximate surface area is 164 Å². The first-order valence-electron chi connectivity index (χ1n) is 8.27. The van der Waals surface area contributed by atoms with Gasteiger partial charge in [-0.1, -0.05) is 29.8 Å². The molecule has 0 saturated carbocycles. The molecule has 3 rings (SSSR count). The zero-order valence-electron chi connectivity index (χ0n) is 15.0. The molecule has 0 spiro atoms. The Morgan fingerprint density at radius 3 is 2.64 bits per heavy atom. The number of carbonyl (C=O) groups is 2. The molecule has 28 heavy (non-hydrogen) atoms. The summed E-state index contributed by atoms with van der Waals surface area (Å²) >= 11 is 5.93. The number of nitrogens with one attached hydrogen (secondary N) is 1. The van der Waals surface area contributed by atoms with Gasteiger partial charge in [-0.2, -0.15) is 0 Å². The molecule has 0 bridgehead atoms. The van der Waals surface area contributed by atoms with Crippen molar-refractivity contribution in [1.82, 2.24) is 0 Å². The molecule has 1 aromatic heterocycles. The molecule has 3 aromatic rings. The summed E-state index contributed by atoms with van der Waals surface area (Å²) in [5.41, 5.74) is -0.456. The predicted octanol–water partition coefficient (Wildman–Crippen LogP) is 3.64. The minimum atomic E-state index is -1.18. The first kappa shape index (κ1) is 19.4. The lowest BCUT2D eigenvalue weighted by Gasteiger charge is -2.15. The van der Waals surface area contributed by atoms with Gasteiger partial charge in [0, 0.05) is 10.4 Å². The molecule has 0 radical (unpaired) electrons. The van der Waals surface area contributed by atoms with E-state index < -0.39 is 23.6 Å². The van der Waals surface area contributed by atoms with Crippen molar-refractivity contribution >= 4 is 40.1 Å². The second kappa shape index (κ2) is 8.14. The number of rotatable bonds is 5. The third-order valence-corrected chi connectivity index (χ3v) is 4.17. The molecule has 2 aromatic carbocycles. The second-order valence-corrected chi connectivity index (χ2v) is 6.30. The van der Waals surface area contributed by atoms with Gasteiger partial charge in [0.2, 0.25) is 0 Å². The number of ether oxygens (including phenoxy) is 2. The summed E-state index contributed by atoms with van der Waals surface area (Å²) < 4.78 is 15.4. The molecule has 7 nitrogen and oxygen atoms in total. The quantitative estimate of drug-likeness (QED) is 0.518. The van der Waals surface area contributed by atoms with Crippen LogP contribution in [0.1, 0.15) is 17.3 Å². The monoisotopic (exact) mass is 401 g/mol. The van der Waals surface area contributed by atoms with Gasteiger partial charge >= 0.3 is 11.6 Å². The fourth-order valence-electron chi connectivity index (χ4n) is 2.49. The van der Waals surface area contributed by atoms with Gasteiger partial charge in [-0.3, -0.25) is 4.79 Å². The maximum Gasteiger partial charge on any atom is 0.351 e. The Morgan fingerprint density at radius 2 is 1.89 bits per heavy atom. The van der Waals surface area contributed by atoms with Crippen LogP contribution in [0.25, 0.3) is 11.0 Å². The SMILES string of the molecule is COc1ccc(Cl)cc1NC(=O)[C@@H](C)OC(=O)c1cc2ccccc2oc1=O. The van der Waals surface area contributed by atoms with E-state index in [-0.39, 0.29) is 5.56 Å². The van der Waals surface area contributed by atoms with Crippen LogP contribution in [0.15, 0.2) is 57.7 Å². The second-order valence-electron chi connectivity index (χ2n) is 5.87. The number of methoxy groups -OCH3 is 1. The lowest BCUT2D eigenvalue weighted by Crippen LogP contribution is -2.31. The maximum absolute atomic E-state index is 12.4. The molecule has 0 aliphatic rings. The summed E-state index contributed by atoms with van der Waals surface area (Å²) in [6.45, 7) is 1.38. The van der Waals surface area contributed by atoms with Crippen molar-refractivity contribution in [3.8, 4) is 5.75 Å². The van der Waals surface area contributed by atoms with Gasteiger partial charge < -0.3 is 19.2 Å². The lowest BCUT2D eigenvalue weighted by atomic mass is 10.2. The normalized spacial score (nSPS) is 11.7. The average molecular weight is 402 g/mol. The summed E-state index contributed by atoms with van der Waals surface area (Å²) in [5.74, 6) is -1.18. The summed E-state index contributed by atoms with van der Waals surface area (Å²) in [7, 11) is 1.45. The Balaban J connectivity index is 1.75. The number of esters is 1. The molecular weight excluding hydrogens is 386 g/mol. The van der Waals surface area contributed by atoms with E-state index >= 15 is 0 Å². The van der Waals surface area contributed by atoms with Crippen LogP contribution in [0.4, 0.5) is 5.69 Å². The summed E-state index contributed by atoms with van der Waals surface area (Å²) in [5, 5.41) is 3.54. The summed E-state index contributed by atoms with van der Waals surface area (Å²) in [6, 6.07) is 12.8. The van der Waals surface area contributed by atoms with Crippen molar-refractivity contribution in [2.75, 3.05) is 12.4 Å². The van der Waals surface area contributed by atoms with E-state index in [0.29, 0.717) is 27.4 Å². The van der Waals surface area contributed by atoms with Crippen LogP contribution in [-0.4, -0.2) is 25.1 Å². The first-order chi connectivity index (χ1) is 13.4. The minimum Gasteiger partial charge on any atom is -0.495 e. The highest BCUT2D eigenvalue weighted by atomic mass is 35.5. The van der Waals surface area contributed by atoms with Crippen LogP contribution in [0, 0.1) is 0 Å². The van der Waals surface area contributed by atoms with E-state index in [1.807, 2.05) is 0 Å². The van der Waals surface area contributed by atoms with Gasteiger partial charge in [0.05, 0.1) is 12.8 Å². The van der Waals surface area contributed by atoms with E-state index in [2.05, 4.69) is 5.32 Å². The van der Waals surface area contributed by atoms with Gasteiger partial charge in [-0.25, -0.2) is 9.59 Å². The maximum atomic E-state index is 12.4. The summed E-state index contributed by atoms with van der Waals surface area (Å²) in [6.07, 6.45) is -1.18. The number of para-hydroxylation sites is 1. The molecule has 1 amide bonds. The van der Waals surface area contributed by atoms with Crippen molar-refractivity contribution in [3.05, 3.63) is 69.5 Å². The van der Waals surface area contributed by atoms with Gasteiger partial charge in [-0.05, 0) is 37.3 Å². The standard InChI is InChI=1S/C20H16ClNO6/c1-11(18(23)22-15-10-13(21)7-8-17(15)26-2)27-19(24)14-9-12-5-3-4-6-16(12)28-20(14)25/h3-11H,1-2H3,(H,22,23)/t11-/m1/s1. The Hall–Kier alpha value is -3.32. The average Bonchev–Trinajstić information content (AvgIpc) is 2.67. The molecule has 0 saturated heterocycles. The first-order valence-corrected chi connectivity index (χ1v) is 8.65. The molecule has 0 aliphatic carbocycles. The van der Waals surface area contributed by atoms with Crippen LogP contribution in [0.3, 0.4) is 0 Å². The third kappa shape index (κ3) is 4.15. The Bertz CT molecular complexity index is 1110. The van der Waals surface area contributed by atoms with Crippen molar-refractivity contribution in [2.45, 2.75) is 13.0 Å². The van der Waals surface area contributed by atoms with E-state index in [4.69, 9.17) is 25.5 Å². The number of anilines is 1. The van der Waals surface area contributed by atoms with E-state index in [0.717, 1.165) is 0 Å². The van der Waals surface area contributed by atoms with Crippen molar-refractivity contribution in [3.63, 3.8) is 0 Å². The van der Waals surface area contributed by atoms with Crippen LogP contribution < -0.4 is 15.7 Å². The largest absolute Gasteiger partial charge is 0.495 e. The highest BCUT2D eigenvalue weighted by molar-refractivity contribution is 6.31. The number of fused-ring (bicyclic) bond motifs is 1. The van der Waals surface area contributed by atoms with Crippen molar-refractivity contribution < 1.29 is 23.5 Å². The highest BCUT2D eigenvalue weighted by Gasteiger charge is 2.23. The Morgan fingerprint density at radius 1 is 1.14 bits per heavy atom. The molecule has 144 valence electrons. The van der Waals surface area contributed by atoms with Gasteiger partial charge in [-0.15, -0.1) is 0 Å². The summed E-state index contributed by atoms with van der Waals surface area (Å²) in [4.78, 5) is 36.8. The predicted molar refractivity (Wildman–Crippen MR) is 104 cm³/mol. The topological polar surface area (TPSA) is 94.8 Å². The number of hydrogen-bond donors (Lipinski definition) is 1. The van der Waals surface area contributed by atoms with Crippen LogP contribution >= 0.6 is 11.6 Å². The number of halogens is 1. The molecule has 8 heteroatoms. The number of carbonyl (C=O) groups excluding carboxylic acids is 2. The van der Waals surface area contributed by atoms with Crippen LogP contribution in [0.2, 0.25) is 5.02 Å². The smallest absolute Gasteiger partial charge is 0.351 e. The highest BCUT2D eigenvalue weighted by Crippen LogP contribution is 2.27. The number of hydrogen-bond acceptors (Lipinski definition) is 6. The lowest BCUT2D eigenvalue weighted by molar-refractivity contribution is -0.123. The van der Waals surface area contributed by atoms with E-state index in [9.17, 15) is 14.4 Å². The minimum absolute atomic E-state index is 0.293. The van der Waals surface area contributed by atoms with E-state index in [1.54, 1.807) is 36.4 Å². The van der Waals surface area contributed by atoms with Crippen LogP contribution in [0.5, 0.6) is 5.75 Å². The molecule has 1 atom stereocenters. The van der Waals surface area contributed by atoms with Crippen LogP contribution in [-0.2, 0) is 9.53 Å². The molecule has 1 N–H and O–H groups in total. The number of benzene rings is 2. The molecule has 0 unspecified atom stereocenters. The molecule has 0 aliphatic heterocycles. The van der Waals surface area contributed by atoms with Crippen molar-refractivity contribution in [1.29, 1.82) is 0 Å². The Kier molecular flexibility index (Phi) is 5.65. The molecule has 1 heterocycles. The fraction of sp³-hybridized carbons (Fsp3) is 0.150.